The van der Waals surface area contributed by atoms with Crippen molar-refractivity contribution in [3.05, 3.63) is 47.9 Å². The van der Waals surface area contributed by atoms with Gasteiger partial charge in [-0.1, -0.05) is 32.9 Å². The number of hydrogen-bond acceptors (Lipinski definition) is 6. The summed E-state index contributed by atoms with van der Waals surface area (Å²) in [7, 11) is 1.64. The van der Waals surface area contributed by atoms with Crippen LogP contribution in [0.3, 0.4) is 0 Å². The molecule has 0 spiro atoms. The number of rotatable bonds is 5. The van der Waals surface area contributed by atoms with Crippen LogP contribution >= 0.6 is 0 Å². The molecule has 0 fully saturated rings. The van der Waals surface area contributed by atoms with Gasteiger partial charge in [-0.05, 0) is 18.2 Å². The molecule has 0 saturated carbocycles. The summed E-state index contributed by atoms with van der Waals surface area (Å²) in [4.78, 5) is 4.51. The predicted molar refractivity (Wildman–Crippen MR) is 96.4 cm³/mol. The molecule has 0 atom stereocenters. The molecule has 0 radical (unpaired) electrons. The molecule has 2 heterocycles. The quantitative estimate of drug-likeness (QED) is 0.743. The fourth-order valence-corrected chi connectivity index (χ4v) is 2.31. The second-order valence-electron chi connectivity index (χ2n) is 6.78. The van der Waals surface area contributed by atoms with Crippen molar-refractivity contribution >= 4 is 5.95 Å². The van der Waals surface area contributed by atoms with Crippen LogP contribution in [0.2, 0.25) is 0 Å². The number of hydrogen-bond donors (Lipinski definition) is 2. The SMILES string of the molecule is COc1cccc(-c2cnnc(NCc3cc(C(C)(C)C)n[nH]3)n2)c1. The third kappa shape index (κ3) is 4.12. The first-order valence-electron chi connectivity index (χ1n) is 8.08. The standard InChI is InChI=1S/C18H22N6O/c1-18(2,3)16-9-13(22-23-16)10-19-17-21-15(11-20-24-17)12-6-5-7-14(8-12)25-4/h5-9,11H,10H2,1-4H3,(H,22,23)(H,19,21,24). The summed E-state index contributed by atoms with van der Waals surface area (Å²) >= 11 is 0. The highest BCUT2D eigenvalue weighted by Crippen LogP contribution is 2.22. The van der Waals surface area contributed by atoms with Gasteiger partial charge in [0.05, 0.1) is 36.9 Å². The van der Waals surface area contributed by atoms with E-state index in [0.29, 0.717) is 12.5 Å². The number of ether oxygens (including phenoxy) is 1. The maximum Gasteiger partial charge on any atom is 0.243 e. The van der Waals surface area contributed by atoms with Crippen LogP contribution in [0.4, 0.5) is 5.95 Å². The van der Waals surface area contributed by atoms with E-state index in [9.17, 15) is 0 Å². The molecule has 2 aromatic heterocycles. The summed E-state index contributed by atoms with van der Waals surface area (Å²) in [6.45, 7) is 6.94. The third-order valence-corrected chi connectivity index (χ3v) is 3.76. The Morgan fingerprint density at radius 3 is 2.76 bits per heavy atom. The van der Waals surface area contributed by atoms with Gasteiger partial charge >= 0.3 is 0 Å². The largest absolute Gasteiger partial charge is 0.497 e. The molecular weight excluding hydrogens is 316 g/mol. The van der Waals surface area contributed by atoms with Gasteiger partial charge in [-0.25, -0.2) is 4.98 Å². The molecule has 25 heavy (non-hydrogen) atoms. The van der Waals surface area contributed by atoms with Crippen LogP contribution in [-0.2, 0) is 12.0 Å². The molecule has 0 unspecified atom stereocenters. The molecule has 3 aromatic rings. The Labute approximate surface area is 146 Å². The van der Waals surface area contributed by atoms with Gasteiger partial charge in [0.25, 0.3) is 0 Å². The van der Waals surface area contributed by atoms with Gasteiger partial charge < -0.3 is 10.1 Å². The fraction of sp³-hybridized carbons (Fsp3) is 0.333. The summed E-state index contributed by atoms with van der Waals surface area (Å²) in [6.07, 6.45) is 1.63. The number of anilines is 1. The summed E-state index contributed by atoms with van der Waals surface area (Å²) in [5, 5.41) is 18.6. The van der Waals surface area contributed by atoms with Gasteiger partial charge in [0.2, 0.25) is 5.95 Å². The van der Waals surface area contributed by atoms with Gasteiger partial charge in [0.15, 0.2) is 0 Å². The number of benzene rings is 1. The topological polar surface area (TPSA) is 88.6 Å². The summed E-state index contributed by atoms with van der Waals surface area (Å²) in [5.74, 6) is 1.24. The number of H-pyrrole nitrogens is 1. The minimum absolute atomic E-state index is 0.0130. The normalized spacial score (nSPS) is 11.4. The minimum atomic E-state index is 0.0130. The van der Waals surface area contributed by atoms with Gasteiger partial charge in [0.1, 0.15) is 5.75 Å². The summed E-state index contributed by atoms with van der Waals surface area (Å²) in [6, 6.07) is 9.73. The van der Waals surface area contributed by atoms with Gasteiger partial charge in [-0.2, -0.15) is 10.2 Å². The fourth-order valence-electron chi connectivity index (χ4n) is 2.31. The van der Waals surface area contributed by atoms with E-state index in [1.165, 1.54) is 0 Å². The second kappa shape index (κ2) is 6.88. The molecule has 1 aromatic carbocycles. The van der Waals surface area contributed by atoms with Crippen molar-refractivity contribution in [2.45, 2.75) is 32.7 Å². The molecule has 3 rings (SSSR count). The van der Waals surface area contributed by atoms with Crippen molar-refractivity contribution in [3.8, 4) is 17.0 Å². The van der Waals surface area contributed by atoms with Crippen molar-refractivity contribution in [1.82, 2.24) is 25.4 Å². The number of nitrogens with one attached hydrogen (secondary N) is 2. The van der Waals surface area contributed by atoms with Crippen LogP contribution in [-0.4, -0.2) is 32.5 Å². The summed E-state index contributed by atoms with van der Waals surface area (Å²) < 4.78 is 5.25. The Morgan fingerprint density at radius 1 is 1.20 bits per heavy atom. The molecule has 0 aliphatic heterocycles. The van der Waals surface area contributed by atoms with Crippen molar-refractivity contribution in [3.63, 3.8) is 0 Å². The average molecular weight is 338 g/mol. The Balaban J connectivity index is 1.72. The van der Waals surface area contributed by atoms with E-state index < -0.39 is 0 Å². The zero-order valence-corrected chi connectivity index (χ0v) is 14.9. The number of aromatic nitrogens is 5. The highest BCUT2D eigenvalue weighted by Gasteiger charge is 2.17. The van der Waals surface area contributed by atoms with Crippen LogP contribution in [0.1, 0.15) is 32.2 Å². The van der Waals surface area contributed by atoms with Crippen molar-refractivity contribution in [1.29, 1.82) is 0 Å². The first-order chi connectivity index (χ1) is 12.0. The van der Waals surface area contributed by atoms with Crippen LogP contribution < -0.4 is 10.1 Å². The molecule has 0 saturated heterocycles. The Hall–Kier alpha value is -2.96. The highest BCUT2D eigenvalue weighted by molar-refractivity contribution is 5.61. The molecule has 0 aliphatic rings. The number of aromatic amines is 1. The van der Waals surface area contributed by atoms with Crippen LogP contribution in [0, 0.1) is 0 Å². The lowest BCUT2D eigenvalue weighted by Gasteiger charge is -2.13. The van der Waals surface area contributed by atoms with E-state index in [4.69, 9.17) is 4.74 Å². The van der Waals surface area contributed by atoms with Crippen LogP contribution in [0.25, 0.3) is 11.3 Å². The first kappa shape index (κ1) is 16.9. The summed E-state index contributed by atoms with van der Waals surface area (Å²) in [5.41, 5.74) is 3.66. The van der Waals surface area contributed by atoms with E-state index in [0.717, 1.165) is 28.4 Å². The van der Waals surface area contributed by atoms with E-state index >= 15 is 0 Å². The number of methoxy groups -OCH3 is 1. The molecule has 130 valence electrons. The lowest BCUT2D eigenvalue weighted by atomic mass is 9.92. The van der Waals surface area contributed by atoms with E-state index in [1.807, 2.05) is 30.3 Å². The Bertz CT molecular complexity index is 853. The Morgan fingerprint density at radius 2 is 2.04 bits per heavy atom. The van der Waals surface area contributed by atoms with E-state index in [-0.39, 0.29) is 5.41 Å². The van der Waals surface area contributed by atoms with Gasteiger partial charge in [-0.15, -0.1) is 5.10 Å². The molecule has 0 aliphatic carbocycles. The van der Waals surface area contributed by atoms with E-state index in [2.05, 4.69) is 51.5 Å². The van der Waals surface area contributed by atoms with Crippen molar-refractivity contribution in [2.24, 2.45) is 0 Å². The zero-order chi connectivity index (χ0) is 17.9. The van der Waals surface area contributed by atoms with Crippen molar-refractivity contribution < 1.29 is 4.74 Å². The minimum Gasteiger partial charge on any atom is -0.497 e. The maximum absolute atomic E-state index is 5.25. The molecule has 0 bridgehead atoms. The highest BCUT2D eigenvalue weighted by atomic mass is 16.5. The molecule has 7 heteroatoms. The van der Waals surface area contributed by atoms with E-state index in [1.54, 1.807) is 13.3 Å². The number of nitrogens with zero attached hydrogens (tertiary/aromatic N) is 4. The van der Waals surface area contributed by atoms with Crippen LogP contribution in [0.5, 0.6) is 5.75 Å². The molecule has 2 N–H and O–H groups in total. The Kier molecular flexibility index (Phi) is 4.65. The molecule has 7 nitrogen and oxygen atoms in total. The van der Waals surface area contributed by atoms with Gasteiger partial charge in [0, 0.05) is 11.0 Å². The predicted octanol–water partition coefficient (Wildman–Crippen LogP) is 3.18. The molecular formula is C18H22N6O. The lowest BCUT2D eigenvalue weighted by Crippen LogP contribution is -2.11. The zero-order valence-electron chi connectivity index (χ0n) is 14.9. The lowest BCUT2D eigenvalue weighted by molar-refractivity contribution is 0.415. The van der Waals surface area contributed by atoms with Crippen molar-refractivity contribution in [2.75, 3.05) is 12.4 Å². The maximum atomic E-state index is 5.25. The van der Waals surface area contributed by atoms with Crippen LogP contribution in [0.15, 0.2) is 36.5 Å². The van der Waals surface area contributed by atoms with Gasteiger partial charge in [-0.3, -0.25) is 5.10 Å². The third-order valence-electron chi connectivity index (χ3n) is 3.76. The smallest absolute Gasteiger partial charge is 0.243 e. The average Bonchev–Trinajstić information content (AvgIpc) is 3.10. The monoisotopic (exact) mass is 338 g/mol. The first-order valence-corrected chi connectivity index (χ1v) is 8.08. The molecule has 0 amide bonds. The second-order valence-corrected chi connectivity index (χ2v) is 6.78.